The van der Waals surface area contributed by atoms with E-state index in [-0.39, 0.29) is 17.8 Å². The number of fused-ring (bicyclic) bond motifs is 1. The van der Waals surface area contributed by atoms with Crippen LogP contribution in [0.2, 0.25) is 0 Å². The van der Waals surface area contributed by atoms with E-state index < -0.39 is 0 Å². The van der Waals surface area contributed by atoms with E-state index in [2.05, 4.69) is 22.2 Å². The maximum atomic E-state index is 11.3. The summed E-state index contributed by atoms with van der Waals surface area (Å²) in [4.78, 5) is 16.8. The van der Waals surface area contributed by atoms with Gasteiger partial charge in [0.15, 0.2) is 0 Å². The number of aliphatic hydroxyl groups is 1. The molecule has 0 bridgehead atoms. The minimum atomic E-state index is -0.168. The number of hydrogen-bond donors (Lipinski definition) is 4. The molecule has 1 aromatic carbocycles. The highest BCUT2D eigenvalue weighted by Gasteiger charge is 2.20. The van der Waals surface area contributed by atoms with E-state index >= 15 is 0 Å². The Balaban J connectivity index is 1.63. The topological polar surface area (TPSA) is 80.9 Å². The molecule has 1 fully saturated rings. The number of nitrogens with one attached hydrogen (secondary N) is 3. The van der Waals surface area contributed by atoms with Crippen LogP contribution < -0.4 is 11.0 Å². The van der Waals surface area contributed by atoms with Crippen molar-refractivity contribution >= 4 is 11.0 Å². The summed E-state index contributed by atoms with van der Waals surface area (Å²) in [5.41, 5.74) is 2.68. The summed E-state index contributed by atoms with van der Waals surface area (Å²) in [5, 5.41) is 13.3. The quantitative estimate of drug-likeness (QED) is 0.695. The molecule has 3 unspecified atom stereocenters. The van der Waals surface area contributed by atoms with Gasteiger partial charge in [0.1, 0.15) is 0 Å². The number of hydrogen-bond acceptors (Lipinski definition) is 3. The number of H-pyrrole nitrogens is 2. The van der Waals surface area contributed by atoms with Gasteiger partial charge in [-0.2, -0.15) is 0 Å². The van der Waals surface area contributed by atoms with E-state index in [4.69, 9.17) is 0 Å². The lowest BCUT2D eigenvalue weighted by Gasteiger charge is -2.27. The molecule has 2 aromatic rings. The molecule has 0 saturated heterocycles. The van der Waals surface area contributed by atoms with Crippen molar-refractivity contribution in [3.8, 4) is 0 Å². The molecule has 21 heavy (non-hydrogen) atoms. The van der Waals surface area contributed by atoms with Gasteiger partial charge in [-0.1, -0.05) is 12.5 Å². The van der Waals surface area contributed by atoms with Crippen molar-refractivity contribution in [2.75, 3.05) is 6.54 Å². The number of rotatable bonds is 4. The standard InChI is InChI=1S/C16H23N3O2/c1-10(17-9-11-3-2-4-13(20)7-11)12-5-6-14-15(8-12)19-16(21)18-14/h5-6,8,10-11,13,17,20H,2-4,7,9H2,1H3,(H2,18,19,21). The van der Waals surface area contributed by atoms with Crippen LogP contribution in [0.15, 0.2) is 23.0 Å². The van der Waals surface area contributed by atoms with Crippen LogP contribution in [-0.4, -0.2) is 27.7 Å². The average Bonchev–Trinajstić information content (AvgIpc) is 2.84. The summed E-state index contributed by atoms with van der Waals surface area (Å²) < 4.78 is 0. The zero-order valence-electron chi connectivity index (χ0n) is 12.4. The smallest absolute Gasteiger partial charge is 0.323 e. The third-order valence-corrected chi connectivity index (χ3v) is 4.51. The molecule has 114 valence electrons. The highest BCUT2D eigenvalue weighted by atomic mass is 16.3. The molecular weight excluding hydrogens is 266 g/mol. The van der Waals surface area contributed by atoms with Crippen LogP contribution in [0.3, 0.4) is 0 Å². The van der Waals surface area contributed by atoms with E-state index in [9.17, 15) is 9.90 Å². The van der Waals surface area contributed by atoms with Gasteiger partial charge in [-0.3, -0.25) is 0 Å². The average molecular weight is 289 g/mol. The summed E-state index contributed by atoms with van der Waals surface area (Å²) in [6.45, 7) is 3.06. The first-order valence-electron chi connectivity index (χ1n) is 7.75. The molecule has 4 N–H and O–H groups in total. The van der Waals surface area contributed by atoms with Crippen molar-refractivity contribution in [2.24, 2.45) is 5.92 Å². The third-order valence-electron chi connectivity index (χ3n) is 4.51. The number of aromatic amines is 2. The number of benzene rings is 1. The normalized spacial score (nSPS) is 24.3. The molecular formula is C16H23N3O2. The number of aromatic nitrogens is 2. The number of aliphatic hydroxyl groups excluding tert-OH is 1. The molecule has 1 aliphatic carbocycles. The first-order chi connectivity index (χ1) is 10.1. The summed E-state index contributed by atoms with van der Waals surface area (Å²) in [6.07, 6.45) is 4.05. The van der Waals surface area contributed by atoms with Crippen LogP contribution in [0.5, 0.6) is 0 Å². The lowest BCUT2D eigenvalue weighted by molar-refractivity contribution is 0.0998. The fraction of sp³-hybridized carbons (Fsp3) is 0.562. The monoisotopic (exact) mass is 289 g/mol. The van der Waals surface area contributed by atoms with Crippen LogP contribution in [0.25, 0.3) is 11.0 Å². The SMILES string of the molecule is CC(NCC1CCCC(O)C1)c1ccc2[nH]c(=O)[nH]c2c1. The first kappa shape index (κ1) is 14.4. The van der Waals surface area contributed by atoms with Gasteiger partial charge in [0.05, 0.1) is 17.1 Å². The van der Waals surface area contributed by atoms with Gasteiger partial charge in [-0.25, -0.2) is 4.79 Å². The molecule has 0 spiro atoms. The molecule has 0 aliphatic heterocycles. The fourth-order valence-corrected chi connectivity index (χ4v) is 3.23. The Morgan fingerprint density at radius 3 is 2.95 bits per heavy atom. The van der Waals surface area contributed by atoms with Gasteiger partial charge in [0.25, 0.3) is 0 Å². The predicted octanol–water partition coefficient (Wildman–Crippen LogP) is 2.06. The van der Waals surface area contributed by atoms with Gasteiger partial charge in [0.2, 0.25) is 0 Å². The molecule has 3 atom stereocenters. The number of imidazole rings is 1. The largest absolute Gasteiger partial charge is 0.393 e. The molecule has 3 rings (SSSR count). The van der Waals surface area contributed by atoms with Crippen LogP contribution in [0.4, 0.5) is 0 Å². The minimum Gasteiger partial charge on any atom is -0.393 e. The van der Waals surface area contributed by atoms with E-state index in [1.54, 1.807) is 0 Å². The van der Waals surface area contributed by atoms with Gasteiger partial charge in [-0.05, 0) is 56.3 Å². The van der Waals surface area contributed by atoms with Crippen LogP contribution >= 0.6 is 0 Å². The summed E-state index contributed by atoms with van der Waals surface area (Å²) in [7, 11) is 0. The lowest BCUT2D eigenvalue weighted by Crippen LogP contribution is -2.30. The second kappa shape index (κ2) is 6.03. The molecule has 1 saturated carbocycles. The summed E-state index contributed by atoms with van der Waals surface area (Å²) in [6, 6.07) is 6.22. The van der Waals surface area contributed by atoms with Gasteiger partial charge < -0.3 is 20.4 Å². The zero-order valence-corrected chi connectivity index (χ0v) is 12.4. The van der Waals surface area contributed by atoms with E-state index in [1.165, 1.54) is 6.42 Å². The Morgan fingerprint density at radius 1 is 1.33 bits per heavy atom. The van der Waals surface area contributed by atoms with Crippen molar-refractivity contribution in [1.82, 2.24) is 15.3 Å². The third kappa shape index (κ3) is 3.36. The first-order valence-corrected chi connectivity index (χ1v) is 7.75. The fourth-order valence-electron chi connectivity index (χ4n) is 3.23. The molecule has 1 heterocycles. The van der Waals surface area contributed by atoms with Crippen molar-refractivity contribution in [3.05, 3.63) is 34.2 Å². The Labute approximate surface area is 123 Å². The summed E-state index contributed by atoms with van der Waals surface area (Å²) in [5.74, 6) is 0.562. The van der Waals surface area contributed by atoms with Gasteiger partial charge in [-0.15, -0.1) is 0 Å². The molecule has 1 aromatic heterocycles. The van der Waals surface area contributed by atoms with Gasteiger partial charge in [0, 0.05) is 6.04 Å². The lowest BCUT2D eigenvalue weighted by atomic mass is 9.87. The van der Waals surface area contributed by atoms with Crippen molar-refractivity contribution in [3.63, 3.8) is 0 Å². The van der Waals surface area contributed by atoms with Crippen molar-refractivity contribution in [1.29, 1.82) is 0 Å². The maximum Gasteiger partial charge on any atom is 0.323 e. The maximum absolute atomic E-state index is 11.3. The van der Waals surface area contributed by atoms with E-state index in [0.29, 0.717) is 5.92 Å². The minimum absolute atomic E-state index is 0.123. The Morgan fingerprint density at radius 2 is 2.14 bits per heavy atom. The molecule has 1 aliphatic rings. The van der Waals surface area contributed by atoms with Crippen LogP contribution in [0.1, 0.15) is 44.2 Å². The van der Waals surface area contributed by atoms with Crippen LogP contribution in [0, 0.1) is 5.92 Å². The van der Waals surface area contributed by atoms with Crippen LogP contribution in [-0.2, 0) is 0 Å². The van der Waals surface area contributed by atoms with Crippen molar-refractivity contribution < 1.29 is 5.11 Å². The zero-order chi connectivity index (χ0) is 14.8. The molecule has 0 radical (unpaired) electrons. The summed E-state index contributed by atoms with van der Waals surface area (Å²) >= 11 is 0. The Kier molecular flexibility index (Phi) is 4.12. The van der Waals surface area contributed by atoms with E-state index in [0.717, 1.165) is 42.4 Å². The Bertz CT molecular complexity index is 661. The Hall–Kier alpha value is -1.59. The molecule has 5 heteroatoms. The van der Waals surface area contributed by atoms with Gasteiger partial charge >= 0.3 is 5.69 Å². The molecule has 5 nitrogen and oxygen atoms in total. The molecule has 0 amide bonds. The van der Waals surface area contributed by atoms with E-state index in [1.807, 2.05) is 18.2 Å². The predicted molar refractivity (Wildman–Crippen MR) is 83.3 cm³/mol. The highest BCUT2D eigenvalue weighted by molar-refractivity contribution is 5.75. The second-order valence-corrected chi connectivity index (χ2v) is 6.20. The highest BCUT2D eigenvalue weighted by Crippen LogP contribution is 2.24. The van der Waals surface area contributed by atoms with Crippen molar-refractivity contribution in [2.45, 2.75) is 44.8 Å². The second-order valence-electron chi connectivity index (χ2n) is 6.20.